The molecule has 0 saturated heterocycles. The molecule has 4 heteroatoms. The quantitative estimate of drug-likeness (QED) is 0.686. The van der Waals surface area contributed by atoms with Crippen molar-refractivity contribution in [3.05, 3.63) is 24.2 Å². The number of fused-ring (bicyclic) bond motifs is 1. The monoisotopic (exact) mass is 190 g/mol. The minimum Gasteiger partial charge on any atom is -0.382 e. The molecule has 2 N–H and O–H groups in total. The second-order valence-corrected chi connectivity index (χ2v) is 4.39. The molecule has 0 atom stereocenters. The van der Waals surface area contributed by atoms with Gasteiger partial charge in [-0.1, -0.05) is 20.8 Å². The maximum absolute atomic E-state index is 5.87. The Balaban J connectivity index is 2.81. The highest BCUT2D eigenvalue weighted by molar-refractivity contribution is 5.50. The number of nitrogens with zero attached hydrogens (tertiary/aromatic N) is 3. The summed E-state index contributed by atoms with van der Waals surface area (Å²) in [6.45, 7) is 6.33. The average Bonchev–Trinajstić information content (AvgIpc) is 2.38. The number of hydrogen-bond acceptors (Lipinski definition) is 3. The van der Waals surface area contributed by atoms with E-state index in [2.05, 4.69) is 30.7 Å². The van der Waals surface area contributed by atoms with Crippen LogP contribution in [0.2, 0.25) is 0 Å². The smallest absolute Gasteiger partial charge is 0.235 e. The van der Waals surface area contributed by atoms with E-state index in [1.165, 1.54) is 0 Å². The summed E-state index contributed by atoms with van der Waals surface area (Å²) in [6, 6.07) is 1.88. The van der Waals surface area contributed by atoms with Gasteiger partial charge < -0.3 is 5.73 Å². The molecule has 0 radical (unpaired) electrons. The Morgan fingerprint density at radius 1 is 1.36 bits per heavy atom. The number of anilines is 1. The maximum atomic E-state index is 5.87. The Morgan fingerprint density at radius 3 is 2.71 bits per heavy atom. The summed E-state index contributed by atoms with van der Waals surface area (Å²) in [5.74, 6) is 1.23. The average molecular weight is 190 g/mol. The summed E-state index contributed by atoms with van der Waals surface area (Å²) in [5, 5.41) is 0. The van der Waals surface area contributed by atoms with Crippen molar-refractivity contribution in [1.82, 2.24) is 14.4 Å². The summed E-state index contributed by atoms with van der Waals surface area (Å²) in [4.78, 5) is 8.36. The fourth-order valence-electron chi connectivity index (χ4n) is 1.65. The van der Waals surface area contributed by atoms with E-state index in [9.17, 15) is 0 Å². The van der Waals surface area contributed by atoms with Gasteiger partial charge in [0.1, 0.15) is 5.82 Å². The number of aromatic nitrogens is 3. The number of rotatable bonds is 0. The molecular weight excluding hydrogens is 176 g/mol. The molecule has 0 aliphatic carbocycles. The van der Waals surface area contributed by atoms with Crippen LogP contribution < -0.4 is 5.73 Å². The molecule has 0 fully saturated rings. The normalized spacial score (nSPS) is 12.2. The Morgan fingerprint density at radius 2 is 2.07 bits per heavy atom. The number of nitrogen functional groups attached to an aromatic ring is 1. The predicted molar refractivity (Wildman–Crippen MR) is 56.1 cm³/mol. The Labute approximate surface area is 82.8 Å². The van der Waals surface area contributed by atoms with Crippen molar-refractivity contribution < 1.29 is 0 Å². The van der Waals surface area contributed by atoms with Gasteiger partial charge in [0, 0.05) is 17.8 Å². The van der Waals surface area contributed by atoms with E-state index in [1.807, 2.05) is 16.7 Å². The van der Waals surface area contributed by atoms with Crippen molar-refractivity contribution in [3.63, 3.8) is 0 Å². The third kappa shape index (κ3) is 1.23. The van der Waals surface area contributed by atoms with Crippen LogP contribution in [-0.2, 0) is 5.41 Å². The van der Waals surface area contributed by atoms with Crippen LogP contribution in [0.4, 0.5) is 5.82 Å². The van der Waals surface area contributed by atoms with E-state index >= 15 is 0 Å². The van der Waals surface area contributed by atoms with Gasteiger partial charge in [-0.15, -0.1) is 0 Å². The van der Waals surface area contributed by atoms with Crippen molar-refractivity contribution in [1.29, 1.82) is 0 Å². The number of hydrogen-bond donors (Lipinski definition) is 1. The molecule has 2 rings (SSSR count). The van der Waals surface area contributed by atoms with Gasteiger partial charge in [0.05, 0.1) is 5.69 Å². The second-order valence-electron chi connectivity index (χ2n) is 4.39. The molecule has 0 bridgehead atoms. The van der Waals surface area contributed by atoms with Crippen LogP contribution in [0.15, 0.2) is 18.5 Å². The third-order valence-electron chi connectivity index (χ3n) is 2.14. The van der Waals surface area contributed by atoms with Crippen molar-refractivity contribution in [2.75, 3.05) is 5.73 Å². The highest BCUT2D eigenvalue weighted by Gasteiger charge is 2.22. The lowest BCUT2D eigenvalue weighted by molar-refractivity contribution is 0.565. The Hall–Kier alpha value is -1.58. The van der Waals surface area contributed by atoms with Gasteiger partial charge in [-0.2, -0.15) is 4.98 Å². The number of imidazole rings is 1. The summed E-state index contributed by atoms with van der Waals surface area (Å²) in [6.07, 6.45) is 3.65. The summed E-state index contributed by atoms with van der Waals surface area (Å²) < 4.78 is 1.94. The van der Waals surface area contributed by atoms with Crippen LogP contribution in [0, 0.1) is 0 Å². The van der Waals surface area contributed by atoms with Gasteiger partial charge in [0.15, 0.2) is 0 Å². The van der Waals surface area contributed by atoms with E-state index in [0.29, 0.717) is 11.6 Å². The molecule has 14 heavy (non-hydrogen) atoms. The standard InChI is InChI=1S/C10H14N4/c1-10(2,3)7-8(11)13-9-12-5-4-6-14(7)9/h4-6H,11H2,1-3H3. The van der Waals surface area contributed by atoms with Crippen LogP contribution in [0.1, 0.15) is 26.5 Å². The van der Waals surface area contributed by atoms with Crippen molar-refractivity contribution >= 4 is 11.6 Å². The van der Waals surface area contributed by atoms with Crippen LogP contribution in [0.25, 0.3) is 5.78 Å². The molecule has 2 aromatic rings. The fourth-order valence-corrected chi connectivity index (χ4v) is 1.65. The molecule has 0 amide bonds. The minimum atomic E-state index is -0.0213. The van der Waals surface area contributed by atoms with E-state index in [-0.39, 0.29) is 5.41 Å². The van der Waals surface area contributed by atoms with E-state index < -0.39 is 0 Å². The first-order chi connectivity index (χ1) is 6.50. The van der Waals surface area contributed by atoms with Crippen molar-refractivity contribution in [2.45, 2.75) is 26.2 Å². The molecule has 0 unspecified atom stereocenters. The predicted octanol–water partition coefficient (Wildman–Crippen LogP) is 1.61. The maximum Gasteiger partial charge on any atom is 0.235 e. The highest BCUT2D eigenvalue weighted by atomic mass is 15.1. The van der Waals surface area contributed by atoms with Gasteiger partial charge in [0.2, 0.25) is 5.78 Å². The molecular formula is C10H14N4. The molecule has 0 aliphatic rings. The van der Waals surface area contributed by atoms with Crippen LogP contribution in [0.5, 0.6) is 0 Å². The lowest BCUT2D eigenvalue weighted by atomic mass is 9.92. The summed E-state index contributed by atoms with van der Waals surface area (Å²) in [7, 11) is 0. The molecule has 2 aromatic heterocycles. The van der Waals surface area contributed by atoms with Gasteiger partial charge in [-0.05, 0) is 6.07 Å². The molecule has 0 aliphatic heterocycles. The highest BCUT2D eigenvalue weighted by Crippen LogP contribution is 2.27. The van der Waals surface area contributed by atoms with Crippen LogP contribution in [0.3, 0.4) is 0 Å². The van der Waals surface area contributed by atoms with Crippen LogP contribution in [-0.4, -0.2) is 14.4 Å². The molecule has 4 nitrogen and oxygen atoms in total. The largest absolute Gasteiger partial charge is 0.382 e. The molecule has 74 valence electrons. The first-order valence-electron chi connectivity index (χ1n) is 4.59. The Bertz CT molecular complexity index is 464. The first-order valence-corrected chi connectivity index (χ1v) is 4.59. The minimum absolute atomic E-state index is 0.0213. The zero-order valence-electron chi connectivity index (χ0n) is 8.65. The molecule has 0 aromatic carbocycles. The number of nitrogens with two attached hydrogens (primary N) is 1. The van der Waals surface area contributed by atoms with E-state index in [0.717, 1.165) is 5.69 Å². The summed E-state index contributed by atoms with van der Waals surface area (Å²) >= 11 is 0. The third-order valence-corrected chi connectivity index (χ3v) is 2.14. The molecule has 0 spiro atoms. The molecule has 2 heterocycles. The van der Waals surface area contributed by atoms with Gasteiger partial charge in [-0.3, -0.25) is 4.40 Å². The second kappa shape index (κ2) is 2.70. The summed E-state index contributed by atoms with van der Waals surface area (Å²) in [5.41, 5.74) is 6.86. The van der Waals surface area contributed by atoms with Crippen LogP contribution >= 0.6 is 0 Å². The topological polar surface area (TPSA) is 56.2 Å². The zero-order chi connectivity index (χ0) is 10.3. The van der Waals surface area contributed by atoms with Crippen molar-refractivity contribution in [2.24, 2.45) is 0 Å². The zero-order valence-corrected chi connectivity index (χ0v) is 8.65. The van der Waals surface area contributed by atoms with Crippen molar-refractivity contribution in [3.8, 4) is 0 Å². The first kappa shape index (κ1) is 8.99. The SMILES string of the molecule is CC(C)(C)c1c(N)nc2ncccn12. The lowest BCUT2D eigenvalue weighted by Gasteiger charge is -2.18. The Kier molecular flexibility index (Phi) is 1.74. The van der Waals surface area contributed by atoms with E-state index in [1.54, 1.807) is 6.20 Å². The lowest BCUT2D eigenvalue weighted by Crippen LogP contribution is -2.16. The van der Waals surface area contributed by atoms with Gasteiger partial charge in [0.25, 0.3) is 0 Å². The van der Waals surface area contributed by atoms with Gasteiger partial charge >= 0.3 is 0 Å². The van der Waals surface area contributed by atoms with Gasteiger partial charge in [-0.25, -0.2) is 4.98 Å². The molecule has 0 saturated carbocycles. The fraction of sp³-hybridized carbons (Fsp3) is 0.400. The van der Waals surface area contributed by atoms with E-state index in [4.69, 9.17) is 5.73 Å².